The molecule has 0 aliphatic carbocycles. The molecular weight excluding hydrogens is 158 g/mol. The Balaban J connectivity index is 2.88. The molecule has 1 rings (SSSR count). The van der Waals surface area contributed by atoms with E-state index in [0.717, 1.165) is 6.42 Å². The van der Waals surface area contributed by atoms with E-state index in [2.05, 4.69) is 10.1 Å². The number of hydrogen-bond donors (Lipinski definition) is 1. The van der Waals surface area contributed by atoms with Crippen LogP contribution in [0.4, 0.5) is 0 Å². The fourth-order valence-corrected chi connectivity index (χ4v) is 0.683. The van der Waals surface area contributed by atoms with Crippen molar-refractivity contribution in [3.8, 4) is 6.08 Å². The van der Waals surface area contributed by atoms with E-state index >= 15 is 0 Å². The molecule has 1 heterocycles. The highest BCUT2D eigenvalue weighted by molar-refractivity contribution is 5.02. The highest BCUT2D eigenvalue weighted by atomic mass is 16.6. The van der Waals surface area contributed by atoms with Gasteiger partial charge in [0.15, 0.2) is 5.82 Å². The van der Waals surface area contributed by atoms with Crippen LogP contribution in [0.2, 0.25) is 0 Å². The van der Waals surface area contributed by atoms with Crippen molar-refractivity contribution >= 4 is 0 Å². The molecule has 1 aromatic heterocycles. The number of hydrogen-bond acceptors (Lipinski definition) is 5. The molecule has 1 aromatic rings. The number of nitrogens with two attached hydrogens (primary N) is 1. The van der Waals surface area contributed by atoms with Gasteiger partial charge in [0.2, 0.25) is 0 Å². The number of methoxy groups -OCH3 is 1. The van der Waals surface area contributed by atoms with Gasteiger partial charge in [0.1, 0.15) is 0 Å². The molecule has 0 amide bonds. The van der Waals surface area contributed by atoms with E-state index in [1.54, 1.807) is 0 Å². The van der Waals surface area contributed by atoms with Gasteiger partial charge < -0.3 is 10.5 Å². The number of ether oxygens (including phenoxy) is 1. The monoisotopic (exact) mass is 171 g/mol. The van der Waals surface area contributed by atoms with Crippen molar-refractivity contribution < 1.29 is 9.26 Å². The summed E-state index contributed by atoms with van der Waals surface area (Å²) in [5.41, 5.74) is 5.32. The highest BCUT2D eigenvalue weighted by Gasteiger charge is 2.25. The lowest BCUT2D eigenvalue weighted by molar-refractivity contribution is 0.248. The van der Waals surface area contributed by atoms with Crippen LogP contribution in [0, 0.1) is 0 Å². The Morgan fingerprint density at radius 3 is 2.75 bits per heavy atom. The van der Waals surface area contributed by atoms with Crippen molar-refractivity contribution in [2.24, 2.45) is 5.73 Å². The first kappa shape index (κ1) is 8.99. The van der Waals surface area contributed by atoms with Gasteiger partial charge in [-0.15, -0.1) is 0 Å². The maximum absolute atomic E-state index is 5.86. The van der Waals surface area contributed by atoms with Gasteiger partial charge in [0.25, 0.3) is 0 Å². The number of nitrogens with zero attached hydrogens (tertiary/aromatic N) is 2. The summed E-state index contributed by atoms with van der Waals surface area (Å²) in [4.78, 5) is 3.95. The molecule has 0 saturated carbocycles. The molecule has 0 fully saturated rings. The van der Waals surface area contributed by atoms with Crippen molar-refractivity contribution in [3.05, 3.63) is 5.82 Å². The molecule has 1 unspecified atom stereocenters. The van der Waals surface area contributed by atoms with E-state index in [-0.39, 0.29) is 6.08 Å². The first-order chi connectivity index (χ1) is 5.60. The van der Waals surface area contributed by atoms with Crippen LogP contribution in [0.1, 0.15) is 26.1 Å². The summed E-state index contributed by atoms with van der Waals surface area (Å²) in [6.07, 6.45) is 0.894. The molecular formula is C7H13N3O2. The molecule has 0 aliphatic rings. The summed E-state index contributed by atoms with van der Waals surface area (Å²) in [5, 5.41) is 3.69. The largest absolute Gasteiger partial charge is 0.452 e. The molecule has 0 aromatic carbocycles. The van der Waals surface area contributed by atoms with Crippen LogP contribution in [0.15, 0.2) is 4.52 Å². The summed E-state index contributed by atoms with van der Waals surface area (Å²) >= 11 is 0. The lowest BCUT2D eigenvalue weighted by Gasteiger charge is -2.16. The summed E-state index contributed by atoms with van der Waals surface area (Å²) in [7, 11) is 1.47. The minimum atomic E-state index is -0.541. The van der Waals surface area contributed by atoms with E-state index < -0.39 is 5.54 Å². The van der Waals surface area contributed by atoms with Gasteiger partial charge in [-0.1, -0.05) is 12.1 Å². The van der Waals surface area contributed by atoms with Crippen LogP contribution < -0.4 is 10.5 Å². The van der Waals surface area contributed by atoms with Crippen molar-refractivity contribution in [1.29, 1.82) is 0 Å². The summed E-state index contributed by atoms with van der Waals surface area (Å²) in [6.45, 7) is 3.81. The number of rotatable bonds is 3. The molecule has 5 heteroatoms. The fourth-order valence-electron chi connectivity index (χ4n) is 0.683. The predicted octanol–water partition coefficient (Wildman–Crippen LogP) is 0.662. The predicted molar refractivity (Wildman–Crippen MR) is 42.7 cm³/mol. The molecule has 5 nitrogen and oxygen atoms in total. The lowest BCUT2D eigenvalue weighted by Crippen LogP contribution is -2.33. The third kappa shape index (κ3) is 1.55. The van der Waals surface area contributed by atoms with Gasteiger partial charge in [-0.25, -0.2) is 0 Å². The van der Waals surface area contributed by atoms with Crippen molar-refractivity contribution in [3.63, 3.8) is 0 Å². The molecule has 12 heavy (non-hydrogen) atoms. The van der Waals surface area contributed by atoms with E-state index in [4.69, 9.17) is 15.0 Å². The Labute approximate surface area is 70.9 Å². The topological polar surface area (TPSA) is 74.2 Å². The second-order valence-electron chi connectivity index (χ2n) is 2.86. The van der Waals surface area contributed by atoms with E-state index in [1.165, 1.54) is 7.11 Å². The van der Waals surface area contributed by atoms with Crippen molar-refractivity contribution in [1.82, 2.24) is 10.1 Å². The zero-order valence-corrected chi connectivity index (χ0v) is 7.50. The molecule has 68 valence electrons. The molecule has 0 bridgehead atoms. The smallest absolute Gasteiger partial charge is 0.417 e. The fraction of sp³-hybridized carbons (Fsp3) is 0.714. The summed E-state index contributed by atoms with van der Waals surface area (Å²) < 4.78 is 9.48. The Hall–Kier alpha value is -1.10. The Bertz CT molecular complexity index is 257. The summed E-state index contributed by atoms with van der Waals surface area (Å²) in [5.74, 6) is 0.474. The maximum Gasteiger partial charge on any atom is 0.417 e. The van der Waals surface area contributed by atoms with Gasteiger partial charge in [-0.2, -0.15) is 4.98 Å². The number of aromatic nitrogens is 2. The highest BCUT2D eigenvalue weighted by Crippen LogP contribution is 2.19. The average molecular weight is 171 g/mol. The molecule has 0 spiro atoms. The normalized spacial score (nSPS) is 15.7. The van der Waals surface area contributed by atoms with E-state index in [9.17, 15) is 0 Å². The summed E-state index contributed by atoms with van der Waals surface area (Å²) in [6, 6.07) is 0. The van der Waals surface area contributed by atoms with Crippen molar-refractivity contribution in [2.45, 2.75) is 25.8 Å². The minimum absolute atomic E-state index is 0.148. The Kier molecular flexibility index (Phi) is 2.32. The average Bonchev–Trinajstić information content (AvgIpc) is 2.52. The Morgan fingerprint density at radius 2 is 2.33 bits per heavy atom. The van der Waals surface area contributed by atoms with Crippen LogP contribution in [0.5, 0.6) is 6.08 Å². The second kappa shape index (κ2) is 3.10. The van der Waals surface area contributed by atoms with Gasteiger partial charge in [-0.3, -0.25) is 4.52 Å². The van der Waals surface area contributed by atoms with E-state index in [1.807, 2.05) is 13.8 Å². The molecule has 1 atom stereocenters. The van der Waals surface area contributed by atoms with Crippen LogP contribution >= 0.6 is 0 Å². The van der Waals surface area contributed by atoms with E-state index in [0.29, 0.717) is 5.82 Å². The SMILES string of the molecule is CCC(C)(N)c1noc(OC)n1. The van der Waals surface area contributed by atoms with Gasteiger partial charge in [-0.05, 0) is 13.3 Å². The van der Waals surface area contributed by atoms with Gasteiger partial charge in [0, 0.05) is 0 Å². The molecule has 0 aliphatic heterocycles. The first-order valence-electron chi connectivity index (χ1n) is 3.77. The van der Waals surface area contributed by atoms with Gasteiger partial charge >= 0.3 is 6.08 Å². The van der Waals surface area contributed by atoms with Crippen LogP contribution in [0.3, 0.4) is 0 Å². The molecule has 2 N–H and O–H groups in total. The molecule has 0 radical (unpaired) electrons. The quantitative estimate of drug-likeness (QED) is 0.723. The third-order valence-electron chi connectivity index (χ3n) is 1.83. The standard InChI is InChI=1S/C7H13N3O2/c1-4-7(2,8)5-9-6(11-3)12-10-5/h4,8H2,1-3H3. The second-order valence-corrected chi connectivity index (χ2v) is 2.86. The molecule has 0 saturated heterocycles. The zero-order chi connectivity index (χ0) is 9.19. The van der Waals surface area contributed by atoms with Crippen molar-refractivity contribution in [2.75, 3.05) is 7.11 Å². The Morgan fingerprint density at radius 1 is 1.67 bits per heavy atom. The zero-order valence-electron chi connectivity index (χ0n) is 7.50. The minimum Gasteiger partial charge on any atom is -0.452 e. The van der Waals surface area contributed by atoms with Crippen LogP contribution in [0.25, 0.3) is 0 Å². The van der Waals surface area contributed by atoms with Crippen LogP contribution in [-0.4, -0.2) is 17.3 Å². The lowest BCUT2D eigenvalue weighted by atomic mass is 10.0. The van der Waals surface area contributed by atoms with Gasteiger partial charge in [0.05, 0.1) is 12.6 Å². The maximum atomic E-state index is 5.86. The van der Waals surface area contributed by atoms with Crippen LogP contribution in [-0.2, 0) is 5.54 Å². The third-order valence-corrected chi connectivity index (χ3v) is 1.83. The first-order valence-corrected chi connectivity index (χ1v) is 3.77.